The molecule has 0 aliphatic rings. The van der Waals surface area contributed by atoms with Gasteiger partial charge in [0.2, 0.25) is 0 Å². The molecule has 14 heavy (non-hydrogen) atoms. The summed E-state index contributed by atoms with van der Waals surface area (Å²) in [6, 6.07) is 7.67. The quantitative estimate of drug-likeness (QED) is 0.596. The van der Waals surface area contributed by atoms with Crippen LogP contribution in [0.5, 0.6) is 0 Å². The summed E-state index contributed by atoms with van der Waals surface area (Å²) in [5.41, 5.74) is 6.99. The molecular weight excluding hydrogens is 194 g/mol. The van der Waals surface area contributed by atoms with Gasteiger partial charge in [-0.05, 0) is 24.5 Å². The lowest BCUT2D eigenvalue weighted by atomic mass is 10.0. The molecular formula is C12H14ClN. The van der Waals surface area contributed by atoms with Crippen LogP contribution < -0.4 is 5.73 Å². The Morgan fingerprint density at radius 2 is 2.14 bits per heavy atom. The lowest BCUT2D eigenvalue weighted by molar-refractivity contribution is 0.621. The molecule has 0 saturated heterocycles. The second-order valence-electron chi connectivity index (χ2n) is 3.22. The molecule has 0 radical (unpaired) electrons. The third kappa shape index (κ3) is 3.06. The molecule has 0 aliphatic heterocycles. The minimum Gasteiger partial charge on any atom is -0.324 e. The van der Waals surface area contributed by atoms with Gasteiger partial charge in [0, 0.05) is 17.5 Å². The standard InChI is InChI=1S/C12H14ClN/c1-2-3-4-9-12(14)10-7-5-6-8-11(10)13/h1,5-8,12H,3-4,9,14H2. The Bertz CT molecular complexity index is 327. The van der Waals surface area contributed by atoms with Gasteiger partial charge in [-0.15, -0.1) is 12.3 Å². The van der Waals surface area contributed by atoms with E-state index in [4.69, 9.17) is 23.8 Å². The van der Waals surface area contributed by atoms with E-state index in [-0.39, 0.29) is 6.04 Å². The highest BCUT2D eigenvalue weighted by atomic mass is 35.5. The molecule has 1 atom stereocenters. The van der Waals surface area contributed by atoms with Crippen LogP contribution >= 0.6 is 11.6 Å². The highest BCUT2D eigenvalue weighted by Gasteiger charge is 2.08. The van der Waals surface area contributed by atoms with Crippen molar-refractivity contribution in [2.24, 2.45) is 5.73 Å². The van der Waals surface area contributed by atoms with Gasteiger partial charge >= 0.3 is 0 Å². The molecule has 1 aromatic rings. The zero-order valence-corrected chi connectivity index (χ0v) is 8.80. The smallest absolute Gasteiger partial charge is 0.0453 e. The van der Waals surface area contributed by atoms with Gasteiger partial charge in [0.15, 0.2) is 0 Å². The second kappa shape index (κ2) is 5.70. The fourth-order valence-electron chi connectivity index (χ4n) is 1.36. The Morgan fingerprint density at radius 1 is 1.43 bits per heavy atom. The summed E-state index contributed by atoms with van der Waals surface area (Å²) in [7, 11) is 0. The van der Waals surface area contributed by atoms with Crippen LogP contribution in [0.4, 0.5) is 0 Å². The fourth-order valence-corrected chi connectivity index (χ4v) is 1.63. The van der Waals surface area contributed by atoms with Crippen molar-refractivity contribution in [1.29, 1.82) is 0 Å². The van der Waals surface area contributed by atoms with Gasteiger partial charge in [-0.1, -0.05) is 29.8 Å². The van der Waals surface area contributed by atoms with Crippen molar-refractivity contribution in [3.63, 3.8) is 0 Å². The molecule has 1 nitrogen and oxygen atoms in total. The molecule has 74 valence electrons. The number of halogens is 1. The molecule has 0 saturated carbocycles. The molecule has 1 rings (SSSR count). The maximum absolute atomic E-state index is 6.01. The van der Waals surface area contributed by atoms with Crippen molar-refractivity contribution in [2.45, 2.75) is 25.3 Å². The van der Waals surface area contributed by atoms with Gasteiger partial charge < -0.3 is 5.73 Å². The number of hydrogen-bond acceptors (Lipinski definition) is 1. The van der Waals surface area contributed by atoms with Gasteiger partial charge in [-0.2, -0.15) is 0 Å². The fraction of sp³-hybridized carbons (Fsp3) is 0.333. The van der Waals surface area contributed by atoms with Crippen LogP contribution in [-0.2, 0) is 0 Å². The van der Waals surface area contributed by atoms with Crippen LogP contribution in [0.15, 0.2) is 24.3 Å². The third-order valence-electron chi connectivity index (χ3n) is 2.14. The monoisotopic (exact) mass is 207 g/mol. The van der Waals surface area contributed by atoms with E-state index in [0.29, 0.717) is 0 Å². The van der Waals surface area contributed by atoms with E-state index in [0.717, 1.165) is 29.8 Å². The lowest BCUT2D eigenvalue weighted by Crippen LogP contribution is -2.10. The first-order chi connectivity index (χ1) is 6.75. The molecule has 0 spiro atoms. The topological polar surface area (TPSA) is 26.0 Å². The zero-order valence-electron chi connectivity index (χ0n) is 8.04. The van der Waals surface area contributed by atoms with Crippen LogP contribution in [0, 0.1) is 12.3 Å². The molecule has 0 aromatic heterocycles. The summed E-state index contributed by atoms with van der Waals surface area (Å²) in [6.07, 6.45) is 7.77. The van der Waals surface area contributed by atoms with Gasteiger partial charge in [0.25, 0.3) is 0 Å². The summed E-state index contributed by atoms with van der Waals surface area (Å²) in [5, 5.41) is 0.737. The molecule has 2 heteroatoms. The second-order valence-corrected chi connectivity index (χ2v) is 3.63. The summed E-state index contributed by atoms with van der Waals surface area (Å²) in [4.78, 5) is 0. The van der Waals surface area contributed by atoms with Gasteiger partial charge in [-0.25, -0.2) is 0 Å². The molecule has 1 unspecified atom stereocenters. The van der Waals surface area contributed by atoms with Crippen LogP contribution in [-0.4, -0.2) is 0 Å². The molecule has 0 fully saturated rings. The number of unbranched alkanes of at least 4 members (excludes halogenated alkanes) is 1. The average molecular weight is 208 g/mol. The van der Waals surface area contributed by atoms with E-state index >= 15 is 0 Å². The van der Waals surface area contributed by atoms with Crippen LogP contribution in [0.25, 0.3) is 0 Å². The number of hydrogen-bond donors (Lipinski definition) is 1. The van der Waals surface area contributed by atoms with Crippen molar-refractivity contribution in [2.75, 3.05) is 0 Å². The Balaban J connectivity index is 2.57. The Hall–Kier alpha value is -0.970. The lowest BCUT2D eigenvalue weighted by Gasteiger charge is -2.12. The van der Waals surface area contributed by atoms with Crippen LogP contribution in [0.1, 0.15) is 30.9 Å². The molecule has 0 amide bonds. The van der Waals surface area contributed by atoms with E-state index in [1.807, 2.05) is 24.3 Å². The predicted octanol–water partition coefficient (Wildman–Crippen LogP) is 3.14. The van der Waals surface area contributed by atoms with Crippen molar-refractivity contribution in [3.05, 3.63) is 34.9 Å². The number of terminal acetylenes is 1. The summed E-state index contributed by atoms with van der Waals surface area (Å²) < 4.78 is 0. The van der Waals surface area contributed by atoms with Gasteiger partial charge in [-0.3, -0.25) is 0 Å². The van der Waals surface area contributed by atoms with E-state index in [1.165, 1.54) is 0 Å². The summed E-state index contributed by atoms with van der Waals surface area (Å²) in [5.74, 6) is 2.60. The van der Waals surface area contributed by atoms with Crippen molar-refractivity contribution in [1.82, 2.24) is 0 Å². The minimum atomic E-state index is -0.00273. The van der Waals surface area contributed by atoms with Crippen molar-refractivity contribution in [3.8, 4) is 12.3 Å². The van der Waals surface area contributed by atoms with Crippen molar-refractivity contribution < 1.29 is 0 Å². The van der Waals surface area contributed by atoms with Crippen molar-refractivity contribution >= 4 is 11.6 Å². The maximum atomic E-state index is 6.01. The van der Waals surface area contributed by atoms with Crippen LogP contribution in [0.3, 0.4) is 0 Å². The molecule has 1 aromatic carbocycles. The van der Waals surface area contributed by atoms with Gasteiger partial charge in [0.1, 0.15) is 0 Å². The highest BCUT2D eigenvalue weighted by Crippen LogP contribution is 2.24. The zero-order chi connectivity index (χ0) is 10.4. The largest absolute Gasteiger partial charge is 0.324 e. The Kier molecular flexibility index (Phi) is 4.52. The first kappa shape index (κ1) is 11.1. The number of nitrogens with two attached hydrogens (primary N) is 1. The third-order valence-corrected chi connectivity index (χ3v) is 2.49. The molecule has 0 aliphatic carbocycles. The highest BCUT2D eigenvalue weighted by molar-refractivity contribution is 6.31. The summed E-state index contributed by atoms with van der Waals surface area (Å²) in [6.45, 7) is 0. The molecule has 0 bridgehead atoms. The molecule has 2 N–H and O–H groups in total. The normalized spacial score (nSPS) is 12.1. The van der Waals surface area contributed by atoms with E-state index in [9.17, 15) is 0 Å². The Labute approximate surface area is 90.3 Å². The average Bonchev–Trinajstić information content (AvgIpc) is 2.18. The van der Waals surface area contributed by atoms with Gasteiger partial charge in [0.05, 0.1) is 0 Å². The minimum absolute atomic E-state index is 0.00273. The first-order valence-corrected chi connectivity index (χ1v) is 5.07. The number of benzene rings is 1. The first-order valence-electron chi connectivity index (χ1n) is 4.69. The van der Waals surface area contributed by atoms with E-state index in [1.54, 1.807) is 0 Å². The van der Waals surface area contributed by atoms with Crippen LogP contribution in [0.2, 0.25) is 5.02 Å². The predicted molar refractivity (Wildman–Crippen MR) is 61.1 cm³/mol. The van der Waals surface area contributed by atoms with E-state index < -0.39 is 0 Å². The van der Waals surface area contributed by atoms with E-state index in [2.05, 4.69) is 5.92 Å². The Morgan fingerprint density at radius 3 is 2.79 bits per heavy atom. The maximum Gasteiger partial charge on any atom is 0.0453 e. The SMILES string of the molecule is C#CCCCC(N)c1ccccc1Cl. The summed E-state index contributed by atoms with van der Waals surface area (Å²) >= 11 is 6.01. The molecule has 0 heterocycles. The number of rotatable bonds is 4.